The fourth-order valence-electron chi connectivity index (χ4n) is 3.59. The Morgan fingerprint density at radius 3 is 2.77 bits per heavy atom. The van der Waals surface area contributed by atoms with Crippen LogP contribution in [0, 0.1) is 0 Å². The first kappa shape index (κ1) is 16.9. The van der Waals surface area contributed by atoms with Crippen LogP contribution in [0.25, 0.3) is 0 Å². The van der Waals surface area contributed by atoms with Crippen LogP contribution in [0.4, 0.5) is 0 Å². The number of nitrogens with zero attached hydrogens (tertiary/aromatic N) is 5. The summed E-state index contributed by atoms with van der Waals surface area (Å²) >= 11 is 0. The van der Waals surface area contributed by atoms with Crippen LogP contribution in [-0.4, -0.2) is 38.0 Å². The molecule has 1 aliphatic rings. The van der Waals surface area contributed by atoms with E-state index in [1.165, 1.54) is 16.8 Å². The maximum atomic E-state index is 6.03. The molecule has 0 saturated carbocycles. The molecule has 0 fully saturated rings. The number of pyridine rings is 1. The molecular weight excluding hydrogens is 326 g/mol. The van der Waals surface area contributed by atoms with Gasteiger partial charge in [-0.25, -0.2) is 0 Å². The fraction of sp³-hybridized carbons (Fsp3) is 0.350. The summed E-state index contributed by atoms with van der Waals surface area (Å²) in [5.41, 5.74) is 4.65. The van der Waals surface area contributed by atoms with Crippen LogP contribution < -0.4 is 0 Å². The molecule has 4 rings (SSSR count). The van der Waals surface area contributed by atoms with E-state index in [0.717, 1.165) is 25.3 Å². The average molecular weight is 349 g/mol. The average Bonchev–Trinajstić information content (AvgIpc) is 3.04. The van der Waals surface area contributed by atoms with Gasteiger partial charge in [-0.1, -0.05) is 41.6 Å². The monoisotopic (exact) mass is 349 g/mol. The predicted molar refractivity (Wildman–Crippen MR) is 98.2 cm³/mol. The minimum absolute atomic E-state index is 0.263. The molecule has 6 heteroatoms. The summed E-state index contributed by atoms with van der Waals surface area (Å²) in [5.74, 6) is 0.263. The van der Waals surface area contributed by atoms with E-state index in [1.807, 2.05) is 42.2 Å². The molecule has 0 bridgehead atoms. The molecule has 1 aliphatic heterocycles. The van der Waals surface area contributed by atoms with E-state index >= 15 is 0 Å². The van der Waals surface area contributed by atoms with Crippen molar-refractivity contribution in [2.75, 3.05) is 13.2 Å². The van der Waals surface area contributed by atoms with Gasteiger partial charge in [-0.2, -0.15) is 0 Å². The van der Waals surface area contributed by atoms with Gasteiger partial charge in [0, 0.05) is 45.0 Å². The summed E-state index contributed by atoms with van der Waals surface area (Å²) in [6.07, 6.45) is 3.73. The van der Waals surface area contributed by atoms with Crippen molar-refractivity contribution >= 4 is 0 Å². The standard InChI is InChI=1S/C20H23N5O/c1-24-20-18(15-26-14-16-6-3-2-4-7-16)12-25(13-19(20)22-23-24)11-17-8-5-9-21-10-17/h2-10,18H,11-15H2,1H3/t18-/m1/s1. The van der Waals surface area contributed by atoms with Crippen molar-refractivity contribution in [3.63, 3.8) is 0 Å². The Morgan fingerprint density at radius 1 is 1.12 bits per heavy atom. The first-order valence-electron chi connectivity index (χ1n) is 8.91. The summed E-state index contributed by atoms with van der Waals surface area (Å²) in [4.78, 5) is 6.61. The van der Waals surface area contributed by atoms with Crippen molar-refractivity contribution in [1.29, 1.82) is 0 Å². The Balaban J connectivity index is 1.44. The molecule has 0 spiro atoms. The van der Waals surface area contributed by atoms with Crippen LogP contribution in [0.3, 0.4) is 0 Å². The van der Waals surface area contributed by atoms with E-state index in [9.17, 15) is 0 Å². The second kappa shape index (κ2) is 7.76. The van der Waals surface area contributed by atoms with Crippen LogP contribution in [0.5, 0.6) is 0 Å². The van der Waals surface area contributed by atoms with Crippen molar-refractivity contribution in [2.45, 2.75) is 25.6 Å². The van der Waals surface area contributed by atoms with E-state index in [2.05, 4.69) is 38.4 Å². The Kier molecular flexibility index (Phi) is 5.04. The lowest BCUT2D eigenvalue weighted by molar-refractivity contribution is 0.0829. The van der Waals surface area contributed by atoms with Gasteiger partial charge in [0.05, 0.1) is 18.9 Å². The molecule has 0 unspecified atom stereocenters. The fourth-order valence-corrected chi connectivity index (χ4v) is 3.59. The highest BCUT2D eigenvalue weighted by molar-refractivity contribution is 5.21. The molecule has 0 amide bonds. The zero-order chi connectivity index (χ0) is 17.8. The van der Waals surface area contributed by atoms with E-state index in [4.69, 9.17) is 4.74 Å². The molecule has 0 aliphatic carbocycles. The number of ether oxygens (including phenoxy) is 1. The largest absolute Gasteiger partial charge is 0.376 e. The van der Waals surface area contributed by atoms with Gasteiger partial charge in [-0.15, -0.1) is 5.10 Å². The van der Waals surface area contributed by atoms with Crippen molar-refractivity contribution < 1.29 is 4.74 Å². The van der Waals surface area contributed by atoms with Crippen LogP contribution in [0.15, 0.2) is 54.9 Å². The maximum Gasteiger partial charge on any atom is 0.100 e. The zero-order valence-electron chi connectivity index (χ0n) is 15.0. The van der Waals surface area contributed by atoms with Gasteiger partial charge in [0.1, 0.15) is 5.69 Å². The highest BCUT2D eigenvalue weighted by atomic mass is 16.5. The van der Waals surface area contributed by atoms with Gasteiger partial charge >= 0.3 is 0 Å². The van der Waals surface area contributed by atoms with Gasteiger partial charge in [-0.3, -0.25) is 14.6 Å². The molecule has 3 aromatic rings. The summed E-state index contributed by atoms with van der Waals surface area (Å²) in [6, 6.07) is 14.4. The topological polar surface area (TPSA) is 56.1 Å². The van der Waals surface area contributed by atoms with Gasteiger partial charge in [0.25, 0.3) is 0 Å². The summed E-state index contributed by atoms with van der Waals surface area (Å²) in [7, 11) is 1.97. The Labute approximate surface area is 153 Å². The molecule has 3 heterocycles. The summed E-state index contributed by atoms with van der Waals surface area (Å²) in [5, 5.41) is 8.59. The number of aryl methyl sites for hydroxylation is 1. The third-order valence-corrected chi connectivity index (χ3v) is 4.74. The number of benzene rings is 1. The molecular formula is C20H23N5O. The maximum absolute atomic E-state index is 6.03. The van der Waals surface area contributed by atoms with Crippen molar-refractivity contribution in [3.8, 4) is 0 Å². The Hall–Kier alpha value is -2.57. The first-order valence-corrected chi connectivity index (χ1v) is 8.91. The highest BCUT2D eigenvalue weighted by Crippen LogP contribution is 2.28. The lowest BCUT2D eigenvalue weighted by Crippen LogP contribution is -2.36. The van der Waals surface area contributed by atoms with Crippen LogP contribution in [0.1, 0.15) is 28.4 Å². The normalized spacial score (nSPS) is 17.2. The second-order valence-electron chi connectivity index (χ2n) is 6.77. The zero-order valence-corrected chi connectivity index (χ0v) is 15.0. The minimum atomic E-state index is 0.263. The quantitative estimate of drug-likeness (QED) is 0.684. The smallest absolute Gasteiger partial charge is 0.100 e. The summed E-state index contributed by atoms with van der Waals surface area (Å²) < 4.78 is 7.93. The molecule has 134 valence electrons. The number of aromatic nitrogens is 4. The van der Waals surface area contributed by atoms with E-state index in [1.54, 1.807) is 6.20 Å². The van der Waals surface area contributed by atoms with Gasteiger partial charge in [0.15, 0.2) is 0 Å². The number of fused-ring (bicyclic) bond motifs is 1. The van der Waals surface area contributed by atoms with Gasteiger partial charge in [0.2, 0.25) is 0 Å². The minimum Gasteiger partial charge on any atom is -0.376 e. The van der Waals surface area contributed by atoms with Crippen LogP contribution in [-0.2, 0) is 31.5 Å². The Bertz CT molecular complexity index is 834. The van der Waals surface area contributed by atoms with Crippen molar-refractivity contribution in [3.05, 3.63) is 77.4 Å². The Morgan fingerprint density at radius 2 is 1.96 bits per heavy atom. The third kappa shape index (κ3) is 3.81. The van der Waals surface area contributed by atoms with Gasteiger partial charge < -0.3 is 4.74 Å². The van der Waals surface area contributed by atoms with E-state index in [0.29, 0.717) is 13.2 Å². The lowest BCUT2D eigenvalue weighted by atomic mass is 9.98. The van der Waals surface area contributed by atoms with Gasteiger partial charge in [-0.05, 0) is 17.2 Å². The molecule has 26 heavy (non-hydrogen) atoms. The molecule has 0 N–H and O–H groups in total. The van der Waals surface area contributed by atoms with E-state index in [-0.39, 0.29) is 5.92 Å². The van der Waals surface area contributed by atoms with Crippen molar-refractivity contribution in [1.82, 2.24) is 24.9 Å². The van der Waals surface area contributed by atoms with Crippen LogP contribution in [0.2, 0.25) is 0 Å². The first-order chi connectivity index (χ1) is 12.8. The highest BCUT2D eigenvalue weighted by Gasteiger charge is 2.30. The summed E-state index contributed by atoms with van der Waals surface area (Å²) in [6.45, 7) is 3.89. The number of hydrogen-bond acceptors (Lipinski definition) is 5. The van der Waals surface area contributed by atoms with Crippen molar-refractivity contribution in [2.24, 2.45) is 7.05 Å². The second-order valence-corrected chi connectivity index (χ2v) is 6.77. The SMILES string of the molecule is Cn1nnc2c1[C@@H](COCc1ccccc1)CN(Cc1cccnc1)C2. The van der Waals surface area contributed by atoms with Crippen LogP contribution >= 0.6 is 0 Å². The number of hydrogen-bond donors (Lipinski definition) is 0. The lowest BCUT2D eigenvalue weighted by Gasteiger charge is -2.32. The number of rotatable bonds is 6. The van der Waals surface area contributed by atoms with E-state index < -0.39 is 0 Å². The molecule has 1 atom stereocenters. The third-order valence-electron chi connectivity index (χ3n) is 4.74. The molecule has 0 saturated heterocycles. The predicted octanol–water partition coefficient (Wildman–Crippen LogP) is 2.53. The molecule has 6 nitrogen and oxygen atoms in total. The molecule has 0 radical (unpaired) electrons. The molecule has 1 aromatic carbocycles. The molecule has 2 aromatic heterocycles.